The topological polar surface area (TPSA) is 111 Å². The lowest BCUT2D eigenvalue weighted by Gasteiger charge is -2.25. The quantitative estimate of drug-likeness (QED) is 0.137. The Morgan fingerprint density at radius 3 is 2.38 bits per heavy atom. The van der Waals surface area contributed by atoms with E-state index in [0.29, 0.717) is 37.8 Å². The van der Waals surface area contributed by atoms with Crippen LogP contribution >= 0.6 is 34.4 Å². The van der Waals surface area contributed by atoms with Gasteiger partial charge in [0.1, 0.15) is 5.82 Å². The summed E-state index contributed by atoms with van der Waals surface area (Å²) in [5, 5.41) is 21.4. The number of thioether (sulfide) groups is 1. The van der Waals surface area contributed by atoms with Crippen LogP contribution in [0.1, 0.15) is 26.8 Å². The van der Waals surface area contributed by atoms with Gasteiger partial charge in [0.05, 0.1) is 37.8 Å². The Hall–Kier alpha value is -3.94. The number of thiophene rings is 1. The molecule has 206 valence electrons. The molecule has 0 unspecified atom stereocenters. The predicted molar refractivity (Wildman–Crippen MR) is 150 cm³/mol. The van der Waals surface area contributed by atoms with E-state index in [1.165, 1.54) is 61.5 Å². The number of hydrogen-bond donors (Lipinski definition) is 1. The number of ketones is 1. The highest BCUT2D eigenvalue weighted by Gasteiger charge is 2.47. The van der Waals surface area contributed by atoms with Crippen LogP contribution < -0.4 is 19.1 Å². The summed E-state index contributed by atoms with van der Waals surface area (Å²) in [6.07, 6.45) is 0. The maximum absolute atomic E-state index is 13.6. The number of rotatable bonds is 10. The molecule has 2 aromatic heterocycles. The van der Waals surface area contributed by atoms with Crippen LogP contribution in [0.2, 0.25) is 0 Å². The average Bonchev–Trinajstić information content (AvgIpc) is 3.72. The molecule has 4 aromatic rings. The molecule has 0 radical (unpaired) electrons. The molecule has 0 aliphatic carbocycles. The number of Topliss-reactive ketones (excluding diaryl/α,β-unsaturated/α-hetero) is 1. The zero-order valence-electron chi connectivity index (χ0n) is 21.4. The Morgan fingerprint density at radius 2 is 1.77 bits per heavy atom. The molecule has 0 spiro atoms. The van der Waals surface area contributed by atoms with Crippen molar-refractivity contribution >= 4 is 51.3 Å². The highest BCUT2D eigenvalue weighted by atomic mass is 32.2. The first-order valence-corrected chi connectivity index (χ1v) is 14.4. The number of aliphatic hydroxyl groups excluding tert-OH is 1. The third-order valence-corrected chi connectivity index (χ3v) is 9.07. The van der Waals surface area contributed by atoms with Gasteiger partial charge in [-0.15, -0.1) is 21.5 Å². The summed E-state index contributed by atoms with van der Waals surface area (Å²) in [6.45, 7) is 0. The first kappa shape index (κ1) is 27.6. The molecule has 40 heavy (non-hydrogen) atoms. The molecule has 0 fully saturated rings. The lowest BCUT2D eigenvalue weighted by molar-refractivity contribution is -0.117. The van der Waals surface area contributed by atoms with E-state index in [9.17, 15) is 19.1 Å². The number of carbonyl (C=O) groups is 2. The third kappa shape index (κ3) is 5.15. The van der Waals surface area contributed by atoms with Gasteiger partial charge in [-0.2, -0.15) is 0 Å². The highest BCUT2D eigenvalue weighted by Crippen LogP contribution is 2.48. The van der Waals surface area contributed by atoms with Crippen LogP contribution in [0.25, 0.3) is 0 Å². The zero-order valence-corrected chi connectivity index (χ0v) is 23.9. The summed E-state index contributed by atoms with van der Waals surface area (Å²) in [4.78, 5) is 28.7. The van der Waals surface area contributed by atoms with Gasteiger partial charge in [-0.3, -0.25) is 14.5 Å². The first-order chi connectivity index (χ1) is 19.4. The van der Waals surface area contributed by atoms with Gasteiger partial charge < -0.3 is 19.3 Å². The summed E-state index contributed by atoms with van der Waals surface area (Å²) < 4.78 is 30.2. The van der Waals surface area contributed by atoms with Crippen LogP contribution in [-0.4, -0.2) is 48.3 Å². The summed E-state index contributed by atoms with van der Waals surface area (Å²) in [7, 11) is 4.38. The number of ether oxygens (including phenoxy) is 3. The number of carbonyl (C=O) groups excluding carboxylic acids is 2. The number of nitrogens with zero attached hydrogens (tertiary/aromatic N) is 3. The van der Waals surface area contributed by atoms with Gasteiger partial charge in [0.2, 0.25) is 16.7 Å². The molecule has 1 atom stereocenters. The first-order valence-electron chi connectivity index (χ1n) is 11.7. The third-order valence-electron chi connectivity index (χ3n) is 6.08. The lowest BCUT2D eigenvalue weighted by atomic mass is 9.95. The molecule has 0 saturated carbocycles. The van der Waals surface area contributed by atoms with Crippen molar-refractivity contribution in [2.75, 3.05) is 26.2 Å². The van der Waals surface area contributed by atoms with Gasteiger partial charge in [-0.1, -0.05) is 41.3 Å². The average molecular weight is 600 g/mol. The van der Waals surface area contributed by atoms with Gasteiger partial charge in [0, 0.05) is 5.75 Å². The largest absolute Gasteiger partial charge is 0.503 e. The molecule has 9 nitrogen and oxygen atoms in total. The van der Waals surface area contributed by atoms with Crippen molar-refractivity contribution in [3.05, 3.63) is 87.1 Å². The van der Waals surface area contributed by atoms with E-state index >= 15 is 0 Å². The van der Waals surface area contributed by atoms with Crippen LogP contribution in [0.3, 0.4) is 0 Å². The molecule has 5 rings (SSSR count). The second kappa shape index (κ2) is 11.7. The Bertz CT molecular complexity index is 1560. The Labute approximate surface area is 240 Å². The molecule has 2 aromatic carbocycles. The van der Waals surface area contributed by atoms with Crippen LogP contribution in [-0.2, 0) is 10.5 Å². The van der Waals surface area contributed by atoms with E-state index in [1.807, 2.05) is 0 Å². The van der Waals surface area contributed by atoms with E-state index in [1.54, 1.807) is 41.8 Å². The Balaban J connectivity index is 1.56. The number of benzene rings is 2. The number of methoxy groups -OCH3 is 3. The fraction of sp³-hybridized carbons (Fsp3) is 0.185. The summed E-state index contributed by atoms with van der Waals surface area (Å²) in [6, 6.07) is 11.7. The number of amides is 1. The van der Waals surface area contributed by atoms with Crippen LogP contribution in [0.4, 0.5) is 9.52 Å². The lowest BCUT2D eigenvalue weighted by Crippen LogP contribution is -2.31. The van der Waals surface area contributed by atoms with Gasteiger partial charge >= 0.3 is 0 Å². The number of hydrogen-bond acceptors (Lipinski definition) is 11. The standard InChI is InChI=1S/C27H22FN3O6S3/c1-35-17-11-15(12-18(36-2)24(17)37-3)21-20(22(32)19-5-4-10-38-19)23(33)25(34)31(21)26-29-30-27(40-26)39-13-14-6-8-16(28)9-7-14/h4-12,21,33H,13H2,1-3H3/t21-/m0/s1. The minimum Gasteiger partial charge on any atom is -0.503 e. The maximum Gasteiger partial charge on any atom is 0.296 e. The monoisotopic (exact) mass is 599 g/mol. The molecule has 1 aliphatic rings. The van der Waals surface area contributed by atoms with Crippen molar-refractivity contribution in [2.45, 2.75) is 16.1 Å². The Morgan fingerprint density at radius 1 is 1.07 bits per heavy atom. The molecule has 13 heteroatoms. The SMILES string of the molecule is COc1cc([C@H]2C(C(=O)c3cccs3)=C(O)C(=O)N2c2nnc(SCc3ccc(F)cc3)s2)cc(OC)c1OC. The van der Waals surface area contributed by atoms with E-state index in [0.717, 1.165) is 16.9 Å². The second-order valence-corrected chi connectivity index (χ2v) is 11.5. The molecule has 1 N–H and O–H groups in total. The van der Waals surface area contributed by atoms with E-state index < -0.39 is 23.5 Å². The molecular formula is C27H22FN3O6S3. The van der Waals surface area contributed by atoms with Gasteiger partial charge in [0.25, 0.3) is 5.91 Å². The molecule has 1 amide bonds. The normalized spacial score (nSPS) is 15.1. The molecule has 0 saturated heterocycles. The number of aliphatic hydroxyl groups is 1. The number of aromatic nitrogens is 2. The maximum atomic E-state index is 13.6. The number of halogens is 1. The molecule has 1 aliphatic heterocycles. The molecular weight excluding hydrogens is 578 g/mol. The Kier molecular flexibility index (Phi) is 8.05. The van der Waals surface area contributed by atoms with Crippen molar-refractivity contribution in [3.63, 3.8) is 0 Å². The van der Waals surface area contributed by atoms with E-state index in [-0.39, 0.29) is 16.5 Å². The van der Waals surface area contributed by atoms with Crippen molar-refractivity contribution in [1.82, 2.24) is 10.2 Å². The smallest absolute Gasteiger partial charge is 0.296 e. The van der Waals surface area contributed by atoms with Gasteiger partial charge in [-0.25, -0.2) is 4.39 Å². The van der Waals surface area contributed by atoms with Gasteiger partial charge in [0.15, 0.2) is 21.6 Å². The summed E-state index contributed by atoms with van der Waals surface area (Å²) in [5.74, 6) is -0.810. The van der Waals surface area contributed by atoms with Gasteiger partial charge in [-0.05, 0) is 46.8 Å². The summed E-state index contributed by atoms with van der Waals surface area (Å²) >= 11 is 3.70. The van der Waals surface area contributed by atoms with Crippen LogP contribution in [0.15, 0.2) is 69.6 Å². The second-order valence-electron chi connectivity index (χ2n) is 8.37. The van der Waals surface area contributed by atoms with E-state index in [4.69, 9.17) is 14.2 Å². The van der Waals surface area contributed by atoms with Crippen molar-refractivity contribution in [1.29, 1.82) is 0 Å². The van der Waals surface area contributed by atoms with Crippen LogP contribution in [0.5, 0.6) is 17.2 Å². The fourth-order valence-corrected chi connectivity index (χ4v) is 6.73. The number of anilines is 1. The van der Waals surface area contributed by atoms with Crippen LogP contribution in [0, 0.1) is 5.82 Å². The molecule has 0 bridgehead atoms. The predicted octanol–water partition coefficient (Wildman–Crippen LogP) is 5.84. The minimum atomic E-state index is -1.06. The van der Waals surface area contributed by atoms with Crippen molar-refractivity contribution in [3.8, 4) is 17.2 Å². The molecule has 3 heterocycles. The summed E-state index contributed by atoms with van der Waals surface area (Å²) in [5.41, 5.74) is 1.22. The van der Waals surface area contributed by atoms with Crippen molar-refractivity contribution < 1.29 is 33.3 Å². The van der Waals surface area contributed by atoms with E-state index in [2.05, 4.69) is 10.2 Å². The van der Waals surface area contributed by atoms with Crippen molar-refractivity contribution in [2.24, 2.45) is 0 Å². The zero-order chi connectivity index (χ0) is 28.4. The fourth-order valence-electron chi connectivity index (χ4n) is 4.23. The minimum absolute atomic E-state index is 0.0996. The highest BCUT2D eigenvalue weighted by molar-refractivity contribution is 8.00.